The van der Waals surface area contributed by atoms with Crippen molar-refractivity contribution in [3.05, 3.63) is 108 Å². The van der Waals surface area contributed by atoms with Gasteiger partial charge in [0.2, 0.25) is 5.56 Å². The summed E-state index contributed by atoms with van der Waals surface area (Å²) in [6.07, 6.45) is 4.18. The summed E-state index contributed by atoms with van der Waals surface area (Å²) in [5, 5.41) is 26.9. The number of aromatic amines is 1. The van der Waals surface area contributed by atoms with Crippen LogP contribution in [-0.2, 0) is 33.4 Å². The standard InChI is InChI=1S/C53H68N8O8Si/c1-11-40-38(44(56-35-25-28-67-29-26-35)39-31-55-61(12-2)50(39)58-40)30-54-46-47(49(65)48(46)64)57-34-19-17-33(18-20-34)16-14-13-15-27-60(51(66)68-52(3,4)5)32-42(69-70(9,10)53(6,7)8)36-21-23-41(62)45-37(36)22-24-43(63)59-45/h17-24,31,35,42,54,57,62H,11-13,15,25-30,32H2,1-10H3,(H,56,58)(H,59,63). The topological polar surface area (TPSA) is 202 Å². The van der Waals surface area contributed by atoms with Crippen LogP contribution in [0.1, 0.15) is 110 Å². The first-order valence-corrected chi connectivity index (χ1v) is 27.2. The third kappa shape index (κ3) is 11.7. The molecule has 1 atom stereocenters. The first kappa shape index (κ1) is 51.4. The lowest BCUT2D eigenvalue weighted by atomic mass is 10.0. The quantitative estimate of drug-likeness (QED) is 0.0251. The molecule has 7 rings (SSSR count). The Bertz CT molecular complexity index is 3030. The van der Waals surface area contributed by atoms with Crippen LogP contribution in [0.25, 0.3) is 21.9 Å². The second-order valence-corrected chi connectivity index (χ2v) is 25.2. The lowest BCUT2D eigenvalue weighted by Gasteiger charge is -2.41. The highest BCUT2D eigenvalue weighted by molar-refractivity contribution is 6.74. The Morgan fingerprint density at radius 1 is 0.971 bits per heavy atom. The molecular formula is C53H68N8O8Si. The molecule has 5 N–H and O–H groups in total. The smallest absolute Gasteiger partial charge is 0.410 e. The van der Waals surface area contributed by atoms with E-state index >= 15 is 0 Å². The first-order chi connectivity index (χ1) is 33.2. The average molecular weight is 973 g/mol. The highest BCUT2D eigenvalue weighted by Gasteiger charge is 2.41. The number of rotatable bonds is 17. The number of aromatic nitrogens is 4. The first-order valence-electron chi connectivity index (χ1n) is 24.3. The Morgan fingerprint density at radius 2 is 1.69 bits per heavy atom. The number of pyridine rings is 2. The van der Waals surface area contributed by atoms with E-state index in [1.54, 1.807) is 23.1 Å². The molecule has 70 heavy (non-hydrogen) atoms. The fraction of sp³-hybridized carbons (Fsp3) is 0.472. The minimum Gasteiger partial charge on any atom is -0.506 e. The number of benzene rings is 2. The van der Waals surface area contributed by atoms with Gasteiger partial charge in [-0.25, -0.2) is 14.5 Å². The number of carbonyl (C=O) groups is 1. The van der Waals surface area contributed by atoms with Gasteiger partial charge in [0.25, 0.3) is 10.9 Å². The predicted octanol–water partition coefficient (Wildman–Crippen LogP) is 9.24. The number of H-pyrrole nitrogens is 1. The number of phenols is 1. The largest absolute Gasteiger partial charge is 0.506 e. The van der Waals surface area contributed by atoms with Crippen LogP contribution in [0.5, 0.6) is 5.75 Å². The zero-order valence-corrected chi connectivity index (χ0v) is 43.2. The summed E-state index contributed by atoms with van der Waals surface area (Å²) in [5.41, 5.74) is 4.16. The van der Waals surface area contributed by atoms with Gasteiger partial charge in [-0.3, -0.25) is 14.4 Å². The minimum absolute atomic E-state index is 0.0567. The monoisotopic (exact) mass is 972 g/mol. The summed E-state index contributed by atoms with van der Waals surface area (Å²) in [4.78, 5) is 61.5. The summed E-state index contributed by atoms with van der Waals surface area (Å²) in [7, 11) is -2.44. The number of unbranched alkanes of at least 4 members (excludes halogenated alkanes) is 1. The number of carbonyl (C=O) groups excluding carboxylic acids is 1. The maximum Gasteiger partial charge on any atom is 0.410 e. The van der Waals surface area contributed by atoms with Crippen LogP contribution in [0.2, 0.25) is 18.1 Å². The normalized spacial score (nSPS) is 14.1. The Balaban J connectivity index is 1.03. The van der Waals surface area contributed by atoms with Crippen molar-refractivity contribution in [2.24, 2.45) is 0 Å². The van der Waals surface area contributed by atoms with Gasteiger partial charge in [0, 0.05) is 79.3 Å². The summed E-state index contributed by atoms with van der Waals surface area (Å²) >= 11 is 0. The van der Waals surface area contributed by atoms with E-state index < -0.39 is 37.0 Å². The van der Waals surface area contributed by atoms with Gasteiger partial charge in [-0.15, -0.1) is 0 Å². The molecule has 16 nitrogen and oxygen atoms in total. The lowest BCUT2D eigenvalue weighted by molar-refractivity contribution is 0.0155. The van der Waals surface area contributed by atoms with Crippen molar-refractivity contribution in [1.82, 2.24) is 24.6 Å². The zero-order chi connectivity index (χ0) is 50.5. The second kappa shape index (κ2) is 21.2. The number of aromatic hydroxyl groups is 1. The number of phenolic OH excluding ortho intramolecular Hbond substituents is 1. The number of anilines is 4. The summed E-state index contributed by atoms with van der Waals surface area (Å²) in [5.74, 6) is 6.39. The molecule has 0 radical (unpaired) electrons. The fourth-order valence-electron chi connectivity index (χ4n) is 8.32. The number of fused-ring (bicyclic) bond motifs is 2. The van der Waals surface area contributed by atoms with E-state index in [1.807, 2.05) is 62.8 Å². The van der Waals surface area contributed by atoms with E-state index in [-0.39, 0.29) is 46.9 Å². The molecule has 3 aromatic heterocycles. The minimum atomic E-state index is -2.44. The van der Waals surface area contributed by atoms with Crippen LogP contribution >= 0.6 is 0 Å². The second-order valence-electron chi connectivity index (χ2n) is 20.4. The van der Waals surface area contributed by atoms with E-state index in [2.05, 4.69) is 78.7 Å². The molecule has 4 heterocycles. The third-order valence-corrected chi connectivity index (χ3v) is 17.7. The molecule has 17 heteroatoms. The Hall–Kier alpha value is -6.48. The molecule has 1 fully saturated rings. The van der Waals surface area contributed by atoms with E-state index in [1.165, 1.54) is 6.07 Å². The van der Waals surface area contributed by atoms with Crippen LogP contribution in [-0.4, -0.2) is 82.1 Å². The molecule has 1 amide bonds. The van der Waals surface area contributed by atoms with E-state index in [4.69, 9.17) is 18.9 Å². The summed E-state index contributed by atoms with van der Waals surface area (Å²) in [6, 6.07) is 14.0. The molecule has 1 aliphatic rings. The molecule has 6 aromatic rings. The van der Waals surface area contributed by atoms with E-state index in [9.17, 15) is 24.3 Å². The fourth-order valence-corrected chi connectivity index (χ4v) is 9.58. The number of nitrogens with one attached hydrogen (secondary N) is 4. The Kier molecular flexibility index (Phi) is 15.6. The lowest BCUT2D eigenvalue weighted by Crippen LogP contribution is -2.46. The number of nitrogens with zero attached hydrogens (tertiary/aromatic N) is 4. The van der Waals surface area contributed by atoms with E-state index in [0.29, 0.717) is 62.2 Å². The van der Waals surface area contributed by atoms with Crippen LogP contribution < -0.4 is 32.4 Å². The van der Waals surface area contributed by atoms with Crippen molar-refractivity contribution in [2.75, 3.05) is 42.3 Å². The van der Waals surface area contributed by atoms with Gasteiger partial charge in [0.1, 0.15) is 22.7 Å². The van der Waals surface area contributed by atoms with E-state index in [0.717, 1.165) is 51.9 Å². The van der Waals surface area contributed by atoms with Gasteiger partial charge in [-0.05, 0) is 113 Å². The number of amides is 1. The van der Waals surface area contributed by atoms with Gasteiger partial charge < -0.3 is 44.8 Å². The molecule has 0 bridgehead atoms. The molecule has 372 valence electrons. The van der Waals surface area contributed by atoms with Crippen molar-refractivity contribution < 1.29 is 23.8 Å². The third-order valence-electron chi connectivity index (χ3n) is 13.2. The molecule has 1 aliphatic heterocycles. The maximum atomic E-state index is 13.9. The zero-order valence-electron chi connectivity index (χ0n) is 42.2. The Morgan fingerprint density at radius 3 is 2.36 bits per heavy atom. The molecule has 1 saturated heterocycles. The van der Waals surface area contributed by atoms with Crippen molar-refractivity contribution >= 4 is 59.1 Å². The van der Waals surface area contributed by atoms with Gasteiger partial charge in [-0.2, -0.15) is 5.10 Å². The van der Waals surface area contributed by atoms with Crippen LogP contribution in [0.3, 0.4) is 0 Å². The van der Waals surface area contributed by atoms with Gasteiger partial charge >= 0.3 is 6.09 Å². The predicted molar refractivity (Wildman–Crippen MR) is 280 cm³/mol. The van der Waals surface area contributed by atoms with Gasteiger partial charge in [0.15, 0.2) is 14.0 Å². The number of hydrogen-bond acceptors (Lipinski definition) is 13. The van der Waals surface area contributed by atoms with Crippen molar-refractivity contribution in [3.8, 4) is 17.6 Å². The van der Waals surface area contributed by atoms with Crippen molar-refractivity contribution in [1.29, 1.82) is 0 Å². The molecule has 1 unspecified atom stereocenters. The van der Waals surface area contributed by atoms with Gasteiger partial charge in [-0.1, -0.05) is 45.6 Å². The highest BCUT2D eigenvalue weighted by atomic mass is 28.4. The Labute approximate surface area is 410 Å². The molecule has 0 spiro atoms. The molecular weight excluding hydrogens is 905 g/mol. The number of ether oxygens (including phenoxy) is 2. The summed E-state index contributed by atoms with van der Waals surface area (Å²) in [6.45, 7) is 23.1. The summed E-state index contributed by atoms with van der Waals surface area (Å²) < 4.78 is 20.4. The van der Waals surface area contributed by atoms with Crippen molar-refractivity contribution in [2.45, 2.75) is 136 Å². The average Bonchev–Trinajstić information content (AvgIpc) is 3.73. The SMILES string of the molecule is CCc1nc2c(cnn2CC)c(NC2CCOCC2)c1CNc1c(Nc2ccc(C#CCCCN(CC(O[Si](C)(C)C(C)(C)C)c3ccc(O)c4[nH]c(=O)ccc34)C(=O)OC(C)(C)C)cc2)c(=O)c1=O. The van der Waals surface area contributed by atoms with Crippen LogP contribution in [0.15, 0.2) is 69.1 Å². The van der Waals surface area contributed by atoms with Gasteiger partial charge in [0.05, 0.1) is 35.4 Å². The molecule has 3 aromatic carbocycles. The number of hydrogen-bond donors (Lipinski definition) is 5. The van der Waals surface area contributed by atoms with Crippen molar-refractivity contribution in [3.63, 3.8) is 0 Å². The van der Waals surface area contributed by atoms with Crippen LogP contribution in [0.4, 0.5) is 27.5 Å². The molecule has 0 aliphatic carbocycles. The number of aryl methyl sites for hydroxylation is 2. The highest BCUT2D eigenvalue weighted by Crippen LogP contribution is 2.42. The van der Waals surface area contributed by atoms with Crippen LogP contribution in [0, 0.1) is 11.8 Å². The maximum absolute atomic E-state index is 13.9. The molecule has 0 saturated carbocycles.